The van der Waals surface area contributed by atoms with Crippen LogP contribution in [0, 0.1) is 0 Å². The van der Waals surface area contributed by atoms with Gasteiger partial charge in [0.1, 0.15) is 0 Å². The molecule has 1 aromatic carbocycles. The minimum Gasteiger partial charge on any atom is -0.493 e. The van der Waals surface area contributed by atoms with Gasteiger partial charge in [0.25, 0.3) is 0 Å². The molecule has 0 aromatic heterocycles. The van der Waals surface area contributed by atoms with E-state index in [2.05, 4.69) is 5.32 Å². The number of nitrogens with one attached hydrogen (secondary N) is 1. The fraction of sp³-hybridized carbons (Fsp3) is 0.417. The summed E-state index contributed by atoms with van der Waals surface area (Å²) in [4.78, 5) is 11.8. The second-order valence-electron chi connectivity index (χ2n) is 4.33. The van der Waals surface area contributed by atoms with Crippen LogP contribution >= 0.6 is 0 Å². The number of methoxy groups -OCH3 is 2. The maximum Gasteiger partial charge on any atom is 0.234 e. The molecule has 1 aliphatic rings. The molecule has 0 spiro atoms. The van der Waals surface area contributed by atoms with Crippen molar-refractivity contribution < 1.29 is 14.3 Å². The zero-order valence-electron chi connectivity index (χ0n) is 9.88. The minimum absolute atomic E-state index is 0.00203. The first-order valence-corrected chi connectivity index (χ1v) is 5.08. The summed E-state index contributed by atoms with van der Waals surface area (Å²) in [7, 11) is 3.16. The summed E-state index contributed by atoms with van der Waals surface area (Å²) >= 11 is 0. The predicted molar refractivity (Wildman–Crippen MR) is 61.2 cm³/mol. The summed E-state index contributed by atoms with van der Waals surface area (Å²) in [5.74, 6) is 1.27. The Kier molecular flexibility index (Phi) is 2.30. The van der Waals surface area contributed by atoms with E-state index >= 15 is 0 Å². The van der Waals surface area contributed by atoms with E-state index in [9.17, 15) is 4.79 Å². The Balaban J connectivity index is 2.60. The van der Waals surface area contributed by atoms with Crippen molar-refractivity contribution in [2.24, 2.45) is 0 Å². The van der Waals surface area contributed by atoms with E-state index in [0.717, 1.165) is 11.3 Å². The van der Waals surface area contributed by atoms with Crippen LogP contribution in [0.15, 0.2) is 12.1 Å². The lowest BCUT2D eigenvalue weighted by Crippen LogP contribution is -2.26. The number of anilines is 1. The van der Waals surface area contributed by atoms with Gasteiger partial charge in [0.05, 0.1) is 19.6 Å². The Morgan fingerprint density at radius 2 is 1.69 bits per heavy atom. The van der Waals surface area contributed by atoms with Crippen LogP contribution in [0.3, 0.4) is 0 Å². The van der Waals surface area contributed by atoms with Crippen LogP contribution in [0.4, 0.5) is 5.69 Å². The van der Waals surface area contributed by atoms with Crippen LogP contribution in [-0.2, 0) is 10.2 Å². The molecule has 1 amide bonds. The molecule has 0 aliphatic carbocycles. The number of rotatable bonds is 2. The number of carbonyl (C=O) groups is 1. The molecule has 0 fully saturated rings. The summed E-state index contributed by atoms with van der Waals surface area (Å²) in [5.41, 5.74) is 1.22. The highest BCUT2D eigenvalue weighted by molar-refractivity contribution is 6.06. The summed E-state index contributed by atoms with van der Waals surface area (Å²) in [6, 6.07) is 3.65. The number of ether oxygens (including phenoxy) is 2. The Hall–Kier alpha value is -1.71. The molecular weight excluding hydrogens is 206 g/mol. The molecular formula is C12H15NO3. The third kappa shape index (κ3) is 1.33. The third-order valence-corrected chi connectivity index (χ3v) is 3.01. The predicted octanol–water partition coefficient (Wildman–Crippen LogP) is 1.93. The van der Waals surface area contributed by atoms with Gasteiger partial charge in [0.2, 0.25) is 5.91 Å². The van der Waals surface area contributed by atoms with Crippen molar-refractivity contribution in [2.75, 3.05) is 19.5 Å². The zero-order chi connectivity index (χ0) is 11.9. The van der Waals surface area contributed by atoms with Crippen molar-refractivity contribution in [1.82, 2.24) is 0 Å². The van der Waals surface area contributed by atoms with Gasteiger partial charge in [-0.25, -0.2) is 0 Å². The van der Waals surface area contributed by atoms with Crippen molar-refractivity contribution in [3.05, 3.63) is 17.7 Å². The molecule has 4 nitrogen and oxygen atoms in total. The van der Waals surface area contributed by atoms with Gasteiger partial charge < -0.3 is 14.8 Å². The number of fused-ring (bicyclic) bond motifs is 1. The molecule has 0 bridgehead atoms. The van der Waals surface area contributed by atoms with E-state index in [-0.39, 0.29) is 5.91 Å². The molecule has 2 rings (SSSR count). The summed E-state index contributed by atoms with van der Waals surface area (Å²) in [6.45, 7) is 3.78. The van der Waals surface area contributed by atoms with Gasteiger partial charge >= 0.3 is 0 Å². The zero-order valence-corrected chi connectivity index (χ0v) is 9.88. The van der Waals surface area contributed by atoms with Crippen LogP contribution in [0.25, 0.3) is 0 Å². The quantitative estimate of drug-likeness (QED) is 0.830. The lowest BCUT2D eigenvalue weighted by atomic mass is 9.86. The summed E-state index contributed by atoms with van der Waals surface area (Å²) < 4.78 is 10.4. The first-order chi connectivity index (χ1) is 7.50. The second kappa shape index (κ2) is 3.40. The van der Waals surface area contributed by atoms with Crippen LogP contribution in [-0.4, -0.2) is 20.1 Å². The highest BCUT2D eigenvalue weighted by atomic mass is 16.5. The van der Waals surface area contributed by atoms with Gasteiger partial charge in [-0.2, -0.15) is 0 Å². The second-order valence-corrected chi connectivity index (χ2v) is 4.33. The van der Waals surface area contributed by atoms with Gasteiger partial charge in [-0.15, -0.1) is 0 Å². The number of amides is 1. The molecule has 4 heteroatoms. The third-order valence-electron chi connectivity index (χ3n) is 3.01. The number of benzene rings is 1. The molecule has 0 unspecified atom stereocenters. The maximum atomic E-state index is 11.8. The lowest BCUT2D eigenvalue weighted by Gasteiger charge is -2.16. The highest BCUT2D eigenvalue weighted by Gasteiger charge is 2.39. The Morgan fingerprint density at radius 3 is 2.25 bits per heavy atom. The molecule has 1 aromatic rings. The van der Waals surface area contributed by atoms with E-state index in [1.54, 1.807) is 20.3 Å². The number of carbonyl (C=O) groups excluding carboxylic acids is 1. The molecule has 0 saturated heterocycles. The van der Waals surface area contributed by atoms with Crippen molar-refractivity contribution in [3.63, 3.8) is 0 Å². The fourth-order valence-corrected chi connectivity index (χ4v) is 1.90. The molecule has 0 radical (unpaired) electrons. The van der Waals surface area contributed by atoms with Gasteiger partial charge in [0.15, 0.2) is 11.5 Å². The van der Waals surface area contributed by atoms with E-state index < -0.39 is 5.41 Å². The monoisotopic (exact) mass is 221 g/mol. The van der Waals surface area contributed by atoms with E-state index in [0.29, 0.717) is 11.5 Å². The van der Waals surface area contributed by atoms with Crippen molar-refractivity contribution >= 4 is 11.6 Å². The first kappa shape index (κ1) is 10.8. The summed E-state index contributed by atoms with van der Waals surface area (Å²) in [5, 5.41) is 2.84. The average Bonchev–Trinajstić information content (AvgIpc) is 2.48. The van der Waals surface area contributed by atoms with Gasteiger partial charge in [-0.1, -0.05) is 0 Å². The highest BCUT2D eigenvalue weighted by Crippen LogP contribution is 2.43. The normalized spacial score (nSPS) is 16.6. The Labute approximate surface area is 94.6 Å². The van der Waals surface area contributed by atoms with Crippen LogP contribution in [0.5, 0.6) is 11.5 Å². The Morgan fingerprint density at radius 1 is 1.12 bits per heavy atom. The largest absolute Gasteiger partial charge is 0.493 e. The molecule has 86 valence electrons. The van der Waals surface area contributed by atoms with E-state index in [1.165, 1.54) is 0 Å². The lowest BCUT2D eigenvalue weighted by molar-refractivity contribution is -0.119. The summed E-state index contributed by atoms with van der Waals surface area (Å²) in [6.07, 6.45) is 0. The molecule has 1 aliphatic heterocycles. The van der Waals surface area contributed by atoms with Gasteiger partial charge in [-0.3, -0.25) is 4.79 Å². The van der Waals surface area contributed by atoms with E-state index in [4.69, 9.17) is 9.47 Å². The smallest absolute Gasteiger partial charge is 0.234 e. The molecule has 0 atom stereocenters. The minimum atomic E-state index is -0.519. The number of hydrogen-bond acceptors (Lipinski definition) is 3. The van der Waals surface area contributed by atoms with Crippen LogP contribution in [0.1, 0.15) is 19.4 Å². The van der Waals surface area contributed by atoms with Crippen molar-refractivity contribution in [3.8, 4) is 11.5 Å². The van der Waals surface area contributed by atoms with Crippen molar-refractivity contribution in [1.29, 1.82) is 0 Å². The topological polar surface area (TPSA) is 47.6 Å². The van der Waals surface area contributed by atoms with Crippen LogP contribution < -0.4 is 14.8 Å². The average molecular weight is 221 g/mol. The van der Waals surface area contributed by atoms with Gasteiger partial charge in [-0.05, 0) is 25.5 Å². The number of hydrogen-bond donors (Lipinski definition) is 1. The molecule has 1 N–H and O–H groups in total. The molecule has 0 saturated carbocycles. The maximum absolute atomic E-state index is 11.8. The molecule has 1 heterocycles. The van der Waals surface area contributed by atoms with Gasteiger partial charge in [0, 0.05) is 11.8 Å². The van der Waals surface area contributed by atoms with E-state index in [1.807, 2.05) is 19.9 Å². The Bertz CT molecular complexity index is 452. The SMILES string of the molecule is COc1cc2c(cc1OC)C(C)(C)C(=O)N2. The van der Waals surface area contributed by atoms with Crippen LogP contribution in [0.2, 0.25) is 0 Å². The first-order valence-electron chi connectivity index (χ1n) is 5.08. The standard InChI is InChI=1S/C12H15NO3/c1-12(2)7-5-9(15-3)10(16-4)6-8(7)13-11(12)14/h5-6H,1-4H3,(H,13,14). The van der Waals surface area contributed by atoms with Crippen molar-refractivity contribution in [2.45, 2.75) is 19.3 Å². The fourth-order valence-electron chi connectivity index (χ4n) is 1.90. The molecule has 16 heavy (non-hydrogen) atoms.